The molecule has 92 valence electrons. The van der Waals surface area contributed by atoms with E-state index in [0.29, 0.717) is 0 Å². The lowest BCUT2D eigenvalue weighted by molar-refractivity contribution is -0.112. The Bertz CT molecular complexity index is 399. The molecule has 0 spiro atoms. The Labute approximate surface area is 102 Å². The molecule has 0 radical (unpaired) electrons. The van der Waals surface area contributed by atoms with Crippen LogP contribution >= 0.6 is 0 Å². The number of rotatable bonds is 6. The van der Waals surface area contributed by atoms with E-state index in [1.165, 1.54) is 6.92 Å². The zero-order valence-corrected chi connectivity index (χ0v) is 10.6. The summed E-state index contributed by atoms with van der Waals surface area (Å²) in [6, 6.07) is 7.69. The van der Waals surface area contributed by atoms with Crippen LogP contribution in [0.4, 0.5) is 0 Å². The summed E-state index contributed by atoms with van der Waals surface area (Å²) in [5.41, 5.74) is 0.967. The molecule has 0 aliphatic rings. The maximum Gasteiger partial charge on any atom is 0.152 e. The topological polar surface area (TPSA) is 38.3 Å². The number of allylic oxidation sites excluding steroid dienone is 1. The van der Waals surface area contributed by atoms with Crippen LogP contribution in [-0.2, 0) is 4.79 Å². The molecule has 1 N–H and O–H groups in total. The second kappa shape index (κ2) is 6.86. The number of hydrogen-bond donors (Lipinski definition) is 1. The van der Waals surface area contributed by atoms with Crippen molar-refractivity contribution in [2.75, 3.05) is 13.6 Å². The van der Waals surface area contributed by atoms with Crippen molar-refractivity contribution in [2.45, 2.75) is 20.0 Å². The number of benzene rings is 1. The molecule has 0 aromatic heterocycles. The minimum atomic E-state index is 0.0415. The van der Waals surface area contributed by atoms with Gasteiger partial charge in [-0.15, -0.1) is 0 Å². The van der Waals surface area contributed by atoms with Crippen LogP contribution in [0.1, 0.15) is 19.4 Å². The quantitative estimate of drug-likeness (QED) is 0.766. The van der Waals surface area contributed by atoms with Crippen LogP contribution in [0.15, 0.2) is 30.3 Å². The van der Waals surface area contributed by atoms with Gasteiger partial charge >= 0.3 is 0 Å². The summed E-state index contributed by atoms with van der Waals surface area (Å²) >= 11 is 0. The first-order valence-corrected chi connectivity index (χ1v) is 5.72. The molecular formula is C14H19NO2. The van der Waals surface area contributed by atoms with Gasteiger partial charge in [0.15, 0.2) is 5.78 Å². The Morgan fingerprint density at radius 3 is 2.94 bits per heavy atom. The molecule has 0 saturated heterocycles. The zero-order valence-electron chi connectivity index (χ0n) is 10.6. The molecule has 0 saturated carbocycles. The first-order chi connectivity index (χ1) is 8.11. The van der Waals surface area contributed by atoms with Gasteiger partial charge in [0.25, 0.3) is 0 Å². The highest BCUT2D eigenvalue weighted by Gasteiger charge is 2.02. The lowest BCUT2D eigenvalue weighted by Crippen LogP contribution is -2.25. The molecule has 1 atom stereocenters. The van der Waals surface area contributed by atoms with E-state index in [1.807, 2.05) is 38.2 Å². The molecule has 3 heteroatoms. The molecule has 0 unspecified atom stereocenters. The fraction of sp³-hybridized carbons (Fsp3) is 0.357. The smallest absolute Gasteiger partial charge is 0.152 e. The SMILES string of the molecule is CNC[C@H](C)Oc1cccc(/C=C/C(C)=O)c1. The van der Waals surface area contributed by atoms with Crippen LogP contribution in [0.2, 0.25) is 0 Å². The molecule has 1 aromatic carbocycles. The van der Waals surface area contributed by atoms with Gasteiger partial charge in [-0.3, -0.25) is 4.79 Å². The maximum absolute atomic E-state index is 10.8. The lowest BCUT2D eigenvalue weighted by Gasteiger charge is -2.14. The molecule has 0 heterocycles. The average molecular weight is 233 g/mol. The molecule has 0 amide bonds. The standard InChI is InChI=1S/C14H19NO2/c1-11(16)7-8-13-5-4-6-14(9-13)17-12(2)10-15-3/h4-9,12,15H,10H2,1-3H3/b8-7+/t12-/m0/s1. The predicted octanol–water partition coefficient (Wildman–Crippen LogP) is 2.28. The van der Waals surface area contributed by atoms with Crippen molar-refractivity contribution in [2.24, 2.45) is 0 Å². The second-order valence-electron chi connectivity index (χ2n) is 4.00. The van der Waals surface area contributed by atoms with Gasteiger partial charge in [-0.1, -0.05) is 18.2 Å². The van der Waals surface area contributed by atoms with E-state index >= 15 is 0 Å². The van der Waals surface area contributed by atoms with E-state index in [-0.39, 0.29) is 11.9 Å². The number of ether oxygens (including phenoxy) is 1. The summed E-state index contributed by atoms with van der Waals surface area (Å²) in [5.74, 6) is 0.860. The molecule has 17 heavy (non-hydrogen) atoms. The molecule has 0 aliphatic carbocycles. The third-order valence-corrected chi connectivity index (χ3v) is 2.20. The fourth-order valence-corrected chi connectivity index (χ4v) is 1.47. The van der Waals surface area contributed by atoms with Crippen LogP contribution in [0, 0.1) is 0 Å². The number of likely N-dealkylation sites (N-methyl/N-ethyl adjacent to an activating group) is 1. The summed E-state index contributed by atoms with van der Waals surface area (Å²) < 4.78 is 5.72. The monoisotopic (exact) mass is 233 g/mol. The molecular weight excluding hydrogens is 214 g/mol. The van der Waals surface area contributed by atoms with Crippen LogP contribution in [0.5, 0.6) is 5.75 Å². The van der Waals surface area contributed by atoms with Gasteiger partial charge in [0.1, 0.15) is 11.9 Å². The van der Waals surface area contributed by atoms with Gasteiger partial charge < -0.3 is 10.1 Å². The summed E-state index contributed by atoms with van der Waals surface area (Å²) in [5, 5.41) is 3.06. The highest BCUT2D eigenvalue weighted by atomic mass is 16.5. The zero-order chi connectivity index (χ0) is 12.7. The van der Waals surface area contributed by atoms with E-state index in [2.05, 4.69) is 5.32 Å². The lowest BCUT2D eigenvalue weighted by atomic mass is 10.2. The number of ketones is 1. The van der Waals surface area contributed by atoms with Crippen LogP contribution in [0.3, 0.4) is 0 Å². The highest BCUT2D eigenvalue weighted by molar-refractivity contribution is 5.91. The normalized spacial score (nSPS) is 12.6. The van der Waals surface area contributed by atoms with Crippen LogP contribution in [0.25, 0.3) is 6.08 Å². The number of hydrogen-bond acceptors (Lipinski definition) is 3. The van der Waals surface area contributed by atoms with E-state index < -0.39 is 0 Å². The fourth-order valence-electron chi connectivity index (χ4n) is 1.47. The van der Waals surface area contributed by atoms with Crippen LogP contribution < -0.4 is 10.1 Å². The molecule has 3 nitrogen and oxygen atoms in total. The Balaban J connectivity index is 2.68. The van der Waals surface area contributed by atoms with Crippen molar-refractivity contribution < 1.29 is 9.53 Å². The van der Waals surface area contributed by atoms with Gasteiger partial charge in [0.05, 0.1) is 0 Å². The first kappa shape index (κ1) is 13.5. The van der Waals surface area contributed by atoms with Gasteiger partial charge in [-0.05, 0) is 44.7 Å². The third kappa shape index (κ3) is 5.31. The second-order valence-corrected chi connectivity index (χ2v) is 4.00. The Hall–Kier alpha value is -1.61. The summed E-state index contributed by atoms with van der Waals surface area (Å²) in [7, 11) is 1.89. The van der Waals surface area contributed by atoms with Crippen molar-refractivity contribution in [3.8, 4) is 5.75 Å². The summed E-state index contributed by atoms with van der Waals surface area (Å²) in [6.07, 6.45) is 3.46. The van der Waals surface area contributed by atoms with Crippen molar-refractivity contribution in [3.05, 3.63) is 35.9 Å². The van der Waals surface area contributed by atoms with Crippen LogP contribution in [-0.4, -0.2) is 25.5 Å². The van der Waals surface area contributed by atoms with E-state index in [4.69, 9.17) is 4.74 Å². The van der Waals surface area contributed by atoms with Gasteiger partial charge in [0.2, 0.25) is 0 Å². The van der Waals surface area contributed by atoms with Crippen molar-refractivity contribution in [1.29, 1.82) is 0 Å². The number of nitrogens with one attached hydrogen (secondary N) is 1. The molecule has 1 rings (SSSR count). The van der Waals surface area contributed by atoms with E-state index in [0.717, 1.165) is 17.9 Å². The summed E-state index contributed by atoms with van der Waals surface area (Å²) in [6.45, 7) is 4.34. The van der Waals surface area contributed by atoms with Gasteiger partial charge in [-0.2, -0.15) is 0 Å². The largest absolute Gasteiger partial charge is 0.489 e. The molecule has 0 fully saturated rings. The van der Waals surface area contributed by atoms with Gasteiger partial charge in [0, 0.05) is 6.54 Å². The minimum absolute atomic E-state index is 0.0415. The number of carbonyl (C=O) groups excluding carboxylic acids is 1. The van der Waals surface area contributed by atoms with Crippen molar-refractivity contribution in [1.82, 2.24) is 5.32 Å². The maximum atomic E-state index is 10.8. The Kier molecular flexibility index (Phi) is 5.43. The van der Waals surface area contributed by atoms with Crippen molar-refractivity contribution in [3.63, 3.8) is 0 Å². The summed E-state index contributed by atoms with van der Waals surface area (Å²) in [4.78, 5) is 10.8. The molecule has 0 bridgehead atoms. The van der Waals surface area contributed by atoms with Gasteiger partial charge in [-0.25, -0.2) is 0 Å². The Morgan fingerprint density at radius 2 is 2.29 bits per heavy atom. The predicted molar refractivity (Wildman–Crippen MR) is 70.2 cm³/mol. The van der Waals surface area contributed by atoms with E-state index in [9.17, 15) is 4.79 Å². The number of carbonyl (C=O) groups is 1. The average Bonchev–Trinajstić information content (AvgIpc) is 2.27. The highest BCUT2D eigenvalue weighted by Crippen LogP contribution is 2.15. The molecule has 0 aliphatic heterocycles. The van der Waals surface area contributed by atoms with E-state index in [1.54, 1.807) is 12.2 Å². The minimum Gasteiger partial charge on any atom is -0.489 e. The Morgan fingerprint density at radius 1 is 1.53 bits per heavy atom. The van der Waals surface area contributed by atoms with Crippen molar-refractivity contribution >= 4 is 11.9 Å². The molecule has 1 aromatic rings. The first-order valence-electron chi connectivity index (χ1n) is 5.72. The third-order valence-electron chi connectivity index (χ3n) is 2.20.